The van der Waals surface area contributed by atoms with Crippen molar-refractivity contribution >= 4 is 75.5 Å². The second-order valence-corrected chi connectivity index (χ2v) is 9.54. The number of hydrogen-bond donors (Lipinski definition) is 2. The first-order valence-electron chi connectivity index (χ1n) is 8.93. The van der Waals surface area contributed by atoms with E-state index >= 15 is 0 Å². The second-order valence-electron chi connectivity index (χ2n) is 6.81. The fourth-order valence-corrected chi connectivity index (χ4v) is 4.76. The Morgan fingerprint density at radius 1 is 1.03 bits per heavy atom. The summed E-state index contributed by atoms with van der Waals surface area (Å²) in [6.45, 7) is -0.363. The normalized spacial score (nSPS) is 19.3. The highest BCUT2D eigenvalue weighted by Crippen LogP contribution is 2.65. The summed E-state index contributed by atoms with van der Waals surface area (Å²) in [6, 6.07) is 9.36. The predicted octanol–water partition coefficient (Wildman–Crippen LogP) is 6.26. The van der Waals surface area contributed by atoms with Gasteiger partial charge in [0, 0.05) is 28.2 Å². The van der Waals surface area contributed by atoms with Crippen molar-refractivity contribution in [2.24, 2.45) is 5.92 Å². The molecule has 3 rings (SSSR count). The lowest BCUT2D eigenvalue weighted by atomic mass is 10.1. The molecule has 0 saturated heterocycles. The van der Waals surface area contributed by atoms with Crippen LogP contribution in [-0.2, 0) is 4.79 Å². The predicted molar refractivity (Wildman–Crippen MR) is 120 cm³/mol. The average Bonchev–Trinajstić information content (AvgIpc) is 3.25. The molecule has 2 aromatic rings. The Labute approximate surface area is 198 Å². The molecule has 0 bridgehead atoms. The molecule has 2 amide bonds. The molecule has 10 heteroatoms. The van der Waals surface area contributed by atoms with Crippen molar-refractivity contribution in [3.8, 4) is 0 Å². The van der Waals surface area contributed by atoms with Gasteiger partial charge < -0.3 is 10.6 Å². The van der Waals surface area contributed by atoms with E-state index in [1.165, 1.54) is 12.1 Å². The highest BCUT2D eigenvalue weighted by atomic mass is 35.5. The Balaban J connectivity index is 1.74. The van der Waals surface area contributed by atoms with Gasteiger partial charge in [0.05, 0.1) is 23.2 Å². The zero-order chi connectivity index (χ0) is 22.1. The first-order chi connectivity index (χ1) is 14.1. The van der Waals surface area contributed by atoms with Gasteiger partial charge in [-0.2, -0.15) is 0 Å². The molecular formula is C20H16Cl5FN2O2. The molecule has 2 aromatic carbocycles. The van der Waals surface area contributed by atoms with Crippen LogP contribution in [0, 0.1) is 5.92 Å². The van der Waals surface area contributed by atoms with Gasteiger partial charge in [-0.1, -0.05) is 34.8 Å². The number of hydrogen-bond acceptors (Lipinski definition) is 2. The van der Waals surface area contributed by atoms with Crippen LogP contribution in [0.4, 0.5) is 10.1 Å². The van der Waals surface area contributed by atoms with Crippen molar-refractivity contribution in [2.45, 2.75) is 16.7 Å². The van der Waals surface area contributed by atoms with E-state index in [9.17, 15) is 14.0 Å². The van der Waals surface area contributed by atoms with E-state index in [0.717, 1.165) is 0 Å². The first kappa shape index (κ1) is 23.4. The summed E-state index contributed by atoms with van der Waals surface area (Å²) in [7, 11) is 0. The van der Waals surface area contributed by atoms with Crippen LogP contribution in [0.5, 0.6) is 0 Å². The molecule has 0 heterocycles. The van der Waals surface area contributed by atoms with E-state index < -0.39 is 34.7 Å². The smallest absolute Gasteiger partial charge is 0.252 e. The Morgan fingerprint density at radius 3 is 2.33 bits per heavy atom. The Hall–Kier alpha value is -1.24. The van der Waals surface area contributed by atoms with Crippen LogP contribution < -0.4 is 10.6 Å². The van der Waals surface area contributed by atoms with Crippen LogP contribution in [0.25, 0.3) is 0 Å². The first-order valence-corrected chi connectivity index (χ1v) is 10.8. The molecule has 2 N–H and O–H groups in total. The number of halogens is 6. The third kappa shape index (κ3) is 5.14. The quantitative estimate of drug-likeness (QED) is 0.340. The minimum atomic E-state index is -1.32. The third-order valence-corrected chi connectivity index (χ3v) is 6.36. The highest BCUT2D eigenvalue weighted by molar-refractivity contribution is 6.53. The number of carbonyl (C=O) groups is 2. The lowest BCUT2D eigenvalue weighted by Gasteiger charge is -2.10. The third-order valence-electron chi connectivity index (χ3n) is 4.65. The number of rotatable bonds is 7. The molecule has 30 heavy (non-hydrogen) atoms. The summed E-state index contributed by atoms with van der Waals surface area (Å²) in [5, 5.41) is 6.29. The number of nitrogens with one attached hydrogen (secondary N) is 2. The molecule has 0 radical (unpaired) electrons. The van der Waals surface area contributed by atoms with Gasteiger partial charge in [-0.25, -0.2) is 0 Å². The van der Waals surface area contributed by atoms with Crippen molar-refractivity contribution < 1.29 is 14.0 Å². The van der Waals surface area contributed by atoms with E-state index in [4.69, 9.17) is 58.0 Å². The van der Waals surface area contributed by atoms with Gasteiger partial charge in [0.25, 0.3) is 5.91 Å². The maximum atomic E-state index is 12.8. The molecule has 1 aliphatic carbocycles. The Kier molecular flexibility index (Phi) is 7.41. The van der Waals surface area contributed by atoms with Crippen molar-refractivity contribution in [1.29, 1.82) is 0 Å². The number of alkyl halides is 3. The molecule has 160 valence electrons. The largest absolute Gasteiger partial charge is 0.352 e. The van der Waals surface area contributed by atoms with Crippen LogP contribution in [0.1, 0.15) is 28.3 Å². The summed E-state index contributed by atoms with van der Waals surface area (Å²) < 4.78 is 10.9. The van der Waals surface area contributed by atoms with E-state index in [-0.39, 0.29) is 23.6 Å². The molecule has 1 saturated carbocycles. The maximum Gasteiger partial charge on any atom is 0.252 e. The van der Waals surface area contributed by atoms with Crippen LogP contribution in [0.15, 0.2) is 36.4 Å². The zero-order valence-corrected chi connectivity index (χ0v) is 19.1. The van der Waals surface area contributed by atoms with E-state index in [2.05, 4.69) is 10.6 Å². The molecule has 0 spiro atoms. The van der Waals surface area contributed by atoms with E-state index in [0.29, 0.717) is 21.3 Å². The second kappa shape index (κ2) is 9.49. The SMILES string of the molecule is O=C(NCCCF)c1cc(NC(=O)[C@H]2[C@H](c3cc(Cl)cc(Cl)c3)C2(Cl)Cl)ccc1Cl. The van der Waals surface area contributed by atoms with Gasteiger partial charge >= 0.3 is 0 Å². The monoisotopic (exact) mass is 510 g/mol. The minimum absolute atomic E-state index is 0.158. The van der Waals surface area contributed by atoms with Crippen LogP contribution in [0.3, 0.4) is 0 Å². The molecule has 0 aliphatic heterocycles. The number of amides is 2. The Morgan fingerprint density at radius 2 is 1.70 bits per heavy atom. The number of anilines is 1. The minimum Gasteiger partial charge on any atom is -0.352 e. The van der Waals surface area contributed by atoms with Crippen LogP contribution in [0.2, 0.25) is 15.1 Å². The molecule has 0 aromatic heterocycles. The summed E-state index contributed by atoms with van der Waals surface area (Å²) in [5.41, 5.74) is 1.16. The highest BCUT2D eigenvalue weighted by Gasteiger charge is 2.67. The molecule has 4 nitrogen and oxygen atoms in total. The zero-order valence-electron chi connectivity index (χ0n) is 15.3. The van der Waals surface area contributed by atoms with E-state index in [1.54, 1.807) is 24.3 Å². The molecule has 2 atom stereocenters. The summed E-state index contributed by atoms with van der Waals surface area (Å²) >= 11 is 30.9. The number of benzene rings is 2. The van der Waals surface area contributed by atoms with E-state index in [1.807, 2.05) is 0 Å². The molecular weight excluding hydrogens is 496 g/mol. The van der Waals surface area contributed by atoms with Crippen LogP contribution in [-0.4, -0.2) is 29.4 Å². The lowest BCUT2D eigenvalue weighted by Crippen LogP contribution is -2.25. The summed E-state index contributed by atoms with van der Waals surface area (Å²) in [6.07, 6.45) is 0.198. The average molecular weight is 513 g/mol. The van der Waals surface area contributed by atoms with Crippen molar-refractivity contribution in [1.82, 2.24) is 5.32 Å². The fraction of sp³-hybridized carbons (Fsp3) is 0.300. The number of carbonyl (C=O) groups excluding carboxylic acids is 2. The van der Waals surface area contributed by atoms with Gasteiger partial charge in [0.15, 0.2) is 0 Å². The van der Waals surface area contributed by atoms with Crippen LogP contribution >= 0.6 is 58.0 Å². The maximum absolute atomic E-state index is 12.8. The molecule has 1 aliphatic rings. The summed E-state index contributed by atoms with van der Waals surface area (Å²) in [4.78, 5) is 25.0. The standard InChI is InChI=1S/C20H16Cl5FN2O2/c21-11-6-10(7-12(22)8-11)16-17(20(16,24)25)19(30)28-13-2-3-15(23)14(9-13)18(29)27-5-1-4-26/h2-3,6-9,16-17H,1,4-5H2,(H,27,29)(H,28,30)/t16-,17+/m0/s1. The van der Waals surface area contributed by atoms with Crippen molar-refractivity contribution in [3.05, 3.63) is 62.6 Å². The topological polar surface area (TPSA) is 58.2 Å². The van der Waals surface area contributed by atoms with Crippen molar-refractivity contribution in [3.63, 3.8) is 0 Å². The van der Waals surface area contributed by atoms with Gasteiger partial charge in [-0.3, -0.25) is 14.0 Å². The Bertz CT molecular complexity index is 965. The lowest BCUT2D eigenvalue weighted by molar-refractivity contribution is -0.117. The van der Waals surface area contributed by atoms with Gasteiger partial charge in [-0.15, -0.1) is 23.2 Å². The fourth-order valence-electron chi connectivity index (χ4n) is 3.18. The molecule has 1 fully saturated rings. The molecule has 0 unspecified atom stereocenters. The van der Waals surface area contributed by atoms with Gasteiger partial charge in [-0.05, 0) is 48.4 Å². The van der Waals surface area contributed by atoms with Crippen molar-refractivity contribution in [2.75, 3.05) is 18.5 Å². The van der Waals surface area contributed by atoms with Gasteiger partial charge in [0.1, 0.15) is 4.33 Å². The summed E-state index contributed by atoms with van der Waals surface area (Å²) in [5.74, 6) is -2.13. The van der Waals surface area contributed by atoms with Gasteiger partial charge in [0.2, 0.25) is 5.91 Å².